The third kappa shape index (κ3) is 4.09. The van der Waals surface area contributed by atoms with Crippen LogP contribution in [-0.4, -0.2) is 16.2 Å². The topological polar surface area (TPSA) is 101 Å². The van der Waals surface area contributed by atoms with Crippen LogP contribution >= 0.6 is 0 Å². The van der Waals surface area contributed by atoms with Gasteiger partial charge in [0.2, 0.25) is 0 Å². The average molecular weight is 341 g/mol. The standard InChI is InChI=1S/C18H13N3O3.Na/c19-10-14(18(23)20-11-12-6-2-1-3-7-12)17(22)16-13-8-4-5-9-15(13)24-21-16;/h1-9H,11H2,(H2,20,22,23);/q;+1/p-1. The van der Waals surface area contributed by atoms with Crippen LogP contribution in [0.4, 0.5) is 0 Å². The Balaban J connectivity index is 0.00000225. The summed E-state index contributed by atoms with van der Waals surface area (Å²) in [5, 5.41) is 27.6. The van der Waals surface area contributed by atoms with Crippen LogP contribution in [0.2, 0.25) is 0 Å². The van der Waals surface area contributed by atoms with E-state index in [1.807, 2.05) is 30.3 Å². The first-order valence-corrected chi connectivity index (χ1v) is 7.14. The van der Waals surface area contributed by atoms with Gasteiger partial charge in [-0.2, -0.15) is 5.26 Å². The van der Waals surface area contributed by atoms with E-state index < -0.39 is 17.2 Å². The third-order valence-corrected chi connectivity index (χ3v) is 3.41. The number of rotatable bonds is 4. The molecular formula is C18H12N3NaO3. The summed E-state index contributed by atoms with van der Waals surface area (Å²) in [5.41, 5.74) is 0.856. The molecule has 7 heteroatoms. The number of aliphatic hydroxyl groups excluding tert-OH is 1. The van der Waals surface area contributed by atoms with Gasteiger partial charge in [-0.05, 0) is 12.1 Å². The SMILES string of the molecule is N#CC(C(=O)[N-]Cc1ccccc1)=C(O)c1noc2ccccc12.[Na+]. The van der Waals surface area contributed by atoms with Crippen molar-refractivity contribution in [1.29, 1.82) is 5.26 Å². The Hall–Kier alpha value is -2.59. The predicted molar refractivity (Wildman–Crippen MR) is 87.7 cm³/mol. The number of nitriles is 1. The number of nitrogens with zero attached hydrogens (tertiary/aromatic N) is 3. The monoisotopic (exact) mass is 341 g/mol. The van der Waals surface area contributed by atoms with Gasteiger partial charge in [-0.25, -0.2) is 0 Å². The Morgan fingerprint density at radius 3 is 2.56 bits per heavy atom. The zero-order valence-corrected chi connectivity index (χ0v) is 15.5. The number of aromatic nitrogens is 1. The van der Waals surface area contributed by atoms with Crippen LogP contribution in [0.15, 0.2) is 64.7 Å². The summed E-state index contributed by atoms with van der Waals surface area (Å²) >= 11 is 0. The van der Waals surface area contributed by atoms with Crippen molar-refractivity contribution in [3.05, 3.63) is 76.7 Å². The number of hydrogen-bond donors (Lipinski definition) is 1. The van der Waals surface area contributed by atoms with Crippen molar-refractivity contribution in [1.82, 2.24) is 5.16 Å². The van der Waals surface area contributed by atoms with Gasteiger partial charge in [-0.1, -0.05) is 53.2 Å². The normalized spacial score (nSPS) is 11.2. The first-order chi connectivity index (χ1) is 11.7. The Morgan fingerprint density at radius 2 is 1.84 bits per heavy atom. The molecule has 0 aliphatic heterocycles. The molecule has 0 saturated heterocycles. The van der Waals surface area contributed by atoms with Gasteiger partial charge < -0.3 is 19.7 Å². The number of benzene rings is 2. The molecule has 1 N–H and O–H groups in total. The van der Waals surface area contributed by atoms with Gasteiger partial charge in [0.05, 0.1) is 11.3 Å². The molecule has 0 spiro atoms. The maximum absolute atomic E-state index is 12.2. The molecule has 0 saturated carbocycles. The van der Waals surface area contributed by atoms with Crippen molar-refractivity contribution in [3.63, 3.8) is 0 Å². The number of hydrogen-bond acceptors (Lipinski definition) is 5. The molecule has 25 heavy (non-hydrogen) atoms. The maximum Gasteiger partial charge on any atom is 1.00 e. The van der Waals surface area contributed by atoms with Gasteiger partial charge in [-0.3, -0.25) is 0 Å². The number of amides is 1. The van der Waals surface area contributed by atoms with E-state index in [0.29, 0.717) is 11.0 Å². The van der Waals surface area contributed by atoms with E-state index in [4.69, 9.17) is 4.52 Å². The van der Waals surface area contributed by atoms with Gasteiger partial charge in [0, 0.05) is 0 Å². The largest absolute Gasteiger partial charge is 1.00 e. The summed E-state index contributed by atoms with van der Waals surface area (Å²) < 4.78 is 5.08. The van der Waals surface area contributed by atoms with Crippen molar-refractivity contribution in [3.8, 4) is 6.07 Å². The van der Waals surface area contributed by atoms with Crippen molar-refractivity contribution >= 4 is 22.6 Å². The molecule has 3 aromatic rings. The summed E-state index contributed by atoms with van der Waals surface area (Å²) in [5.74, 6) is -1.34. The first kappa shape index (κ1) is 18.7. The van der Waals surface area contributed by atoms with E-state index in [9.17, 15) is 15.2 Å². The molecule has 6 nitrogen and oxygen atoms in total. The summed E-state index contributed by atoms with van der Waals surface area (Å²) in [6.45, 7) is 0.123. The molecule has 0 aliphatic rings. The van der Waals surface area contributed by atoms with E-state index in [1.54, 1.807) is 30.3 Å². The van der Waals surface area contributed by atoms with Gasteiger partial charge in [0.15, 0.2) is 17.0 Å². The molecule has 0 aliphatic carbocycles. The van der Waals surface area contributed by atoms with E-state index >= 15 is 0 Å². The fourth-order valence-corrected chi connectivity index (χ4v) is 2.20. The average Bonchev–Trinajstić information content (AvgIpc) is 3.05. The van der Waals surface area contributed by atoms with Gasteiger partial charge in [0.1, 0.15) is 11.6 Å². The van der Waals surface area contributed by atoms with Crippen LogP contribution < -0.4 is 29.6 Å². The van der Waals surface area contributed by atoms with E-state index in [-0.39, 0.29) is 41.8 Å². The molecule has 1 heterocycles. The number of carbonyl (C=O) groups is 1. The fraction of sp³-hybridized carbons (Fsp3) is 0.0556. The third-order valence-electron chi connectivity index (χ3n) is 3.41. The van der Waals surface area contributed by atoms with Crippen LogP contribution in [0.5, 0.6) is 0 Å². The molecule has 0 fully saturated rings. The minimum Gasteiger partial charge on any atom is -0.645 e. The minimum absolute atomic E-state index is 0. The predicted octanol–water partition coefficient (Wildman–Crippen LogP) is 0.725. The van der Waals surface area contributed by atoms with Crippen LogP contribution in [0.25, 0.3) is 22.0 Å². The molecule has 118 valence electrons. The van der Waals surface area contributed by atoms with Crippen LogP contribution in [-0.2, 0) is 11.3 Å². The first-order valence-electron chi connectivity index (χ1n) is 7.14. The number of fused-ring (bicyclic) bond motifs is 1. The molecule has 1 amide bonds. The van der Waals surface area contributed by atoms with Crippen LogP contribution in [0, 0.1) is 11.3 Å². The molecule has 2 aromatic carbocycles. The summed E-state index contributed by atoms with van der Waals surface area (Å²) in [7, 11) is 0. The molecule has 3 rings (SSSR count). The van der Waals surface area contributed by atoms with Gasteiger partial charge in [-0.15, -0.1) is 6.54 Å². The van der Waals surface area contributed by atoms with Crippen molar-refractivity contribution in [2.24, 2.45) is 0 Å². The number of carbonyl (C=O) groups excluding carboxylic acids is 1. The number of para-hydroxylation sites is 1. The maximum atomic E-state index is 12.2. The van der Waals surface area contributed by atoms with Crippen LogP contribution in [0.3, 0.4) is 0 Å². The smallest absolute Gasteiger partial charge is 0.645 e. The molecule has 0 atom stereocenters. The molecule has 0 radical (unpaired) electrons. The van der Waals surface area contributed by atoms with Gasteiger partial charge in [0.25, 0.3) is 0 Å². The van der Waals surface area contributed by atoms with Crippen LogP contribution in [0.1, 0.15) is 11.3 Å². The van der Waals surface area contributed by atoms with Crippen molar-refractivity contribution in [2.75, 3.05) is 0 Å². The zero-order chi connectivity index (χ0) is 16.9. The van der Waals surface area contributed by atoms with E-state index in [1.165, 1.54) is 0 Å². The summed E-state index contributed by atoms with van der Waals surface area (Å²) in [4.78, 5) is 12.2. The Labute approximate surface area is 166 Å². The number of aliphatic hydroxyl groups is 1. The van der Waals surface area contributed by atoms with Gasteiger partial charge >= 0.3 is 29.6 Å². The van der Waals surface area contributed by atoms with E-state index in [0.717, 1.165) is 5.56 Å². The molecule has 0 bridgehead atoms. The minimum atomic E-state index is -0.800. The summed E-state index contributed by atoms with van der Waals surface area (Å²) in [6.07, 6.45) is 0. The van der Waals surface area contributed by atoms with Crippen molar-refractivity contribution < 1.29 is 44.0 Å². The van der Waals surface area contributed by atoms with Crippen molar-refractivity contribution in [2.45, 2.75) is 6.54 Å². The molecule has 1 aromatic heterocycles. The Kier molecular flexibility index (Phi) is 6.37. The second-order valence-corrected chi connectivity index (χ2v) is 4.97. The second kappa shape index (κ2) is 8.49. The Morgan fingerprint density at radius 1 is 1.16 bits per heavy atom. The summed E-state index contributed by atoms with van der Waals surface area (Å²) in [6, 6.07) is 17.7. The Bertz CT molecular complexity index is 958. The molecule has 0 unspecified atom stereocenters. The second-order valence-electron chi connectivity index (χ2n) is 4.97. The zero-order valence-electron chi connectivity index (χ0n) is 13.5. The van der Waals surface area contributed by atoms with E-state index in [2.05, 4.69) is 10.5 Å². The quantitative estimate of drug-likeness (QED) is 0.326. The fourth-order valence-electron chi connectivity index (χ4n) is 2.20. The molecular weight excluding hydrogens is 329 g/mol.